The molecule has 0 saturated carbocycles. The summed E-state index contributed by atoms with van der Waals surface area (Å²) in [7, 11) is -5.79. The Morgan fingerprint density at radius 3 is 1.82 bits per heavy atom. The molecule has 1 aromatic rings. The van der Waals surface area contributed by atoms with Gasteiger partial charge in [-0.25, -0.2) is 14.4 Å². The zero-order valence-electron chi connectivity index (χ0n) is 12.8. The van der Waals surface area contributed by atoms with Gasteiger partial charge in [0.1, 0.15) is 0 Å². The van der Waals surface area contributed by atoms with Crippen LogP contribution in [0.2, 0.25) is 0 Å². The minimum atomic E-state index is -5.79. The van der Waals surface area contributed by atoms with Crippen LogP contribution >= 0.6 is 90.4 Å². The molecule has 0 atom stereocenters. The largest absolute Gasteiger partial charge is 0.478 e. The number of benzene rings is 1. The molecular weight excluding hydrogens is 866 g/mol. The molecule has 2 N–H and O–H groups in total. The second kappa shape index (κ2) is 10.1. The van der Waals surface area contributed by atoms with Crippen LogP contribution in [0.1, 0.15) is 20.7 Å². The van der Waals surface area contributed by atoms with Crippen molar-refractivity contribution in [3.05, 3.63) is 25.4 Å². The average Bonchev–Trinajstić information content (AvgIpc) is 2.57. The summed E-state index contributed by atoms with van der Waals surface area (Å²) in [6, 6.07) is 0. The van der Waals surface area contributed by atoms with Gasteiger partial charge in [-0.2, -0.15) is 17.2 Å². The van der Waals surface area contributed by atoms with Gasteiger partial charge in [0.05, 0.1) is 11.1 Å². The third-order valence-corrected chi connectivity index (χ3v) is 11.1. The van der Waals surface area contributed by atoms with E-state index in [4.69, 9.17) is 4.55 Å². The second-order valence-corrected chi connectivity index (χ2v) is 10.5. The molecule has 0 radical (unpaired) electrons. The monoisotopic (exact) mass is 872 g/mol. The average molecular weight is 872 g/mol. The Balaban J connectivity index is 2.98. The molecule has 0 bridgehead atoms. The molecular formula is C12H6F2I4O9S. The number of carbonyl (C=O) groups is 3. The first-order valence-corrected chi connectivity index (χ1v) is 12.1. The van der Waals surface area contributed by atoms with E-state index >= 15 is 0 Å². The van der Waals surface area contributed by atoms with Crippen molar-refractivity contribution >= 4 is 118 Å². The van der Waals surface area contributed by atoms with Crippen molar-refractivity contribution in [1.82, 2.24) is 0 Å². The number of ether oxygens (including phenoxy) is 2. The van der Waals surface area contributed by atoms with Crippen molar-refractivity contribution in [3.63, 3.8) is 0 Å². The van der Waals surface area contributed by atoms with Crippen molar-refractivity contribution in [2.45, 2.75) is 5.25 Å². The van der Waals surface area contributed by atoms with Gasteiger partial charge in [-0.15, -0.1) is 0 Å². The number of carboxylic acids is 1. The minimum Gasteiger partial charge on any atom is -0.478 e. The van der Waals surface area contributed by atoms with Crippen LogP contribution in [0.15, 0.2) is 0 Å². The van der Waals surface area contributed by atoms with Crippen molar-refractivity contribution in [2.24, 2.45) is 0 Å². The van der Waals surface area contributed by atoms with Crippen LogP contribution in [0.4, 0.5) is 8.78 Å². The first kappa shape index (κ1) is 26.4. The molecule has 0 unspecified atom stereocenters. The number of carbonyl (C=O) groups excluding carboxylic acids is 2. The predicted octanol–water partition coefficient (Wildman–Crippen LogP) is 2.98. The molecule has 28 heavy (non-hydrogen) atoms. The molecule has 9 nitrogen and oxygen atoms in total. The lowest BCUT2D eigenvalue weighted by Crippen LogP contribution is -2.35. The first-order chi connectivity index (χ1) is 12.6. The number of hydrogen-bond donors (Lipinski definition) is 2. The maximum absolute atomic E-state index is 13.0. The second-order valence-electron chi connectivity index (χ2n) is 4.66. The lowest BCUT2D eigenvalue weighted by Gasteiger charge is -2.15. The molecule has 1 aromatic carbocycles. The van der Waals surface area contributed by atoms with Crippen molar-refractivity contribution in [2.75, 3.05) is 13.2 Å². The Kier molecular flexibility index (Phi) is 9.49. The van der Waals surface area contributed by atoms with Crippen LogP contribution < -0.4 is 0 Å². The van der Waals surface area contributed by atoms with Crippen LogP contribution in [0.3, 0.4) is 0 Å². The van der Waals surface area contributed by atoms with Gasteiger partial charge in [-0.3, -0.25) is 4.55 Å². The summed E-state index contributed by atoms with van der Waals surface area (Å²) in [5.74, 6) is -4.16. The highest BCUT2D eigenvalue weighted by molar-refractivity contribution is 14.1. The predicted molar refractivity (Wildman–Crippen MR) is 122 cm³/mol. The van der Waals surface area contributed by atoms with Gasteiger partial charge >= 0.3 is 33.3 Å². The summed E-state index contributed by atoms with van der Waals surface area (Å²) in [4.78, 5) is 35.2. The third kappa shape index (κ3) is 6.16. The fourth-order valence-corrected chi connectivity index (χ4v) is 5.35. The van der Waals surface area contributed by atoms with Crippen LogP contribution in [0, 0.1) is 14.3 Å². The van der Waals surface area contributed by atoms with Gasteiger partial charge < -0.3 is 14.6 Å². The molecule has 0 aliphatic heterocycles. The Hall–Kier alpha value is 0.320. The van der Waals surface area contributed by atoms with Crippen LogP contribution in [-0.4, -0.2) is 54.5 Å². The van der Waals surface area contributed by atoms with Crippen LogP contribution in [0.25, 0.3) is 0 Å². The summed E-state index contributed by atoms with van der Waals surface area (Å²) in [5, 5.41) is 4.65. The number of hydrogen-bond acceptors (Lipinski definition) is 7. The maximum atomic E-state index is 13.0. The van der Waals surface area contributed by atoms with E-state index in [1.165, 1.54) is 0 Å². The molecule has 0 amide bonds. The highest BCUT2D eigenvalue weighted by atomic mass is 127. The Labute approximate surface area is 210 Å². The lowest BCUT2D eigenvalue weighted by molar-refractivity contribution is -0.153. The molecule has 0 spiro atoms. The highest BCUT2D eigenvalue weighted by Crippen LogP contribution is 2.33. The summed E-state index contributed by atoms with van der Waals surface area (Å²) in [5.41, 5.74) is -0.690. The molecule has 0 saturated heterocycles. The summed E-state index contributed by atoms with van der Waals surface area (Å²) < 4.78 is 65.3. The number of alkyl halides is 2. The molecule has 0 aliphatic rings. The van der Waals surface area contributed by atoms with Gasteiger partial charge in [0.2, 0.25) is 0 Å². The number of carboxylic acid groups (broad SMARTS) is 1. The standard InChI is InChI=1S/C12H6F2I4O9S/c13-12(14,28(23,24)25)2-27-3(19)1-26-11(22)5-4(10(20)21)6(15)8(17)9(18)7(5)16/h1-2H2,(H,20,21)(H,23,24,25). The van der Waals surface area contributed by atoms with Crippen molar-refractivity contribution in [1.29, 1.82) is 0 Å². The van der Waals surface area contributed by atoms with Gasteiger partial charge in [0, 0.05) is 14.3 Å². The normalized spacial score (nSPS) is 11.8. The first-order valence-electron chi connectivity index (χ1n) is 6.38. The maximum Gasteiger partial charge on any atom is 0.402 e. The van der Waals surface area contributed by atoms with E-state index < -0.39 is 46.5 Å². The summed E-state index contributed by atoms with van der Waals surface area (Å²) >= 11 is 7.25. The van der Waals surface area contributed by atoms with Crippen molar-refractivity contribution < 1.29 is 50.7 Å². The van der Waals surface area contributed by atoms with E-state index in [2.05, 4.69) is 9.47 Å². The minimum absolute atomic E-state index is 0.247. The summed E-state index contributed by atoms with van der Waals surface area (Å²) in [6.07, 6.45) is 0. The van der Waals surface area contributed by atoms with Gasteiger partial charge in [-0.1, -0.05) is 0 Å². The van der Waals surface area contributed by atoms with E-state index in [0.29, 0.717) is 7.14 Å². The Bertz CT molecular complexity index is 949. The number of aromatic carboxylic acids is 1. The fraction of sp³-hybridized carbons (Fsp3) is 0.250. The number of halogens is 6. The molecule has 16 heteroatoms. The fourth-order valence-electron chi connectivity index (χ4n) is 1.50. The summed E-state index contributed by atoms with van der Waals surface area (Å²) in [6.45, 7) is -3.17. The van der Waals surface area contributed by atoms with Gasteiger partial charge in [-0.05, 0) is 90.4 Å². The zero-order chi connectivity index (χ0) is 22.0. The van der Waals surface area contributed by atoms with Gasteiger partial charge in [0.25, 0.3) is 0 Å². The topological polar surface area (TPSA) is 144 Å². The molecule has 156 valence electrons. The molecule has 1 rings (SSSR count). The zero-order valence-corrected chi connectivity index (χ0v) is 22.3. The van der Waals surface area contributed by atoms with Crippen LogP contribution in [-0.2, 0) is 24.4 Å². The third-order valence-electron chi connectivity index (χ3n) is 2.78. The van der Waals surface area contributed by atoms with Crippen molar-refractivity contribution in [3.8, 4) is 0 Å². The SMILES string of the molecule is O=C(COC(=O)c1c(I)c(I)c(I)c(I)c1C(=O)O)OCC(F)(F)S(=O)(=O)O. The van der Waals surface area contributed by atoms with E-state index in [0.717, 1.165) is 0 Å². The molecule has 0 aromatic heterocycles. The lowest BCUT2D eigenvalue weighted by atomic mass is 10.1. The Morgan fingerprint density at radius 1 is 0.929 bits per heavy atom. The van der Waals surface area contributed by atoms with Gasteiger partial charge in [0.15, 0.2) is 13.2 Å². The smallest absolute Gasteiger partial charge is 0.402 e. The molecule has 0 heterocycles. The van der Waals surface area contributed by atoms with E-state index in [1.807, 2.05) is 45.2 Å². The number of esters is 2. The number of rotatable bonds is 7. The Morgan fingerprint density at radius 2 is 1.39 bits per heavy atom. The van der Waals surface area contributed by atoms with E-state index in [-0.39, 0.29) is 18.3 Å². The van der Waals surface area contributed by atoms with E-state index in [9.17, 15) is 36.7 Å². The highest BCUT2D eigenvalue weighted by Gasteiger charge is 2.45. The van der Waals surface area contributed by atoms with Crippen LogP contribution in [0.5, 0.6) is 0 Å². The quantitative estimate of drug-likeness (QED) is 0.139. The van der Waals surface area contributed by atoms with E-state index in [1.54, 1.807) is 45.2 Å². The molecule has 0 aliphatic carbocycles. The molecule has 0 fully saturated rings.